The van der Waals surface area contributed by atoms with E-state index in [1.807, 2.05) is 72.8 Å². The zero-order valence-electron chi connectivity index (χ0n) is 28.4. The van der Waals surface area contributed by atoms with Crippen molar-refractivity contribution >= 4 is 23.6 Å². The number of rotatable bonds is 11. The lowest BCUT2D eigenvalue weighted by molar-refractivity contribution is -0.276. The molecule has 0 saturated carbocycles. The van der Waals surface area contributed by atoms with Gasteiger partial charge in [-0.05, 0) is 34.9 Å². The van der Waals surface area contributed by atoms with E-state index in [0.29, 0.717) is 12.1 Å². The predicted molar refractivity (Wildman–Crippen MR) is 188 cm³/mol. The number of benzene rings is 3. The summed E-state index contributed by atoms with van der Waals surface area (Å²) in [5, 5.41) is 15.1. The van der Waals surface area contributed by atoms with Gasteiger partial charge in [-0.25, -0.2) is 19.6 Å². The molecular formula is C38H44N6O6. The van der Waals surface area contributed by atoms with E-state index in [-0.39, 0.29) is 24.7 Å². The quantitative estimate of drug-likeness (QED) is 0.194. The van der Waals surface area contributed by atoms with Gasteiger partial charge in [-0.2, -0.15) is 0 Å². The first-order valence-electron chi connectivity index (χ1n) is 16.9. The van der Waals surface area contributed by atoms with Gasteiger partial charge in [0, 0.05) is 68.7 Å². The lowest BCUT2D eigenvalue weighted by Gasteiger charge is -2.44. The number of carbonyl (C=O) groups excluding carboxylic acids is 2. The highest BCUT2D eigenvalue weighted by Gasteiger charge is 2.39. The summed E-state index contributed by atoms with van der Waals surface area (Å²) in [4.78, 5) is 38.8. The number of piperazine rings is 1. The van der Waals surface area contributed by atoms with Gasteiger partial charge in [0.15, 0.2) is 6.29 Å². The number of carbonyl (C=O) groups is 2. The minimum atomic E-state index is -0.845. The zero-order valence-corrected chi connectivity index (χ0v) is 28.4. The molecule has 2 aliphatic heterocycles. The first-order chi connectivity index (χ1) is 24.4. The average Bonchev–Trinajstić information content (AvgIpc) is 3.16. The van der Waals surface area contributed by atoms with Crippen LogP contribution in [0.1, 0.15) is 41.6 Å². The highest BCUT2D eigenvalue weighted by atomic mass is 16.7. The standard InChI is InChI=1S/C38H44N6O6/c1-26-33(24-43-19-21-44(22-20-43)37-39-17-6-18-40-37)49-36(50-34(26)29-11-9-28(25-45)10-12-29)30-13-15-31(16-14-30)41-38(47)42-32(35(46)48-2)23-27-7-4-3-5-8-27/h3-18,26,32-34,36,45H,19-25H2,1-2H3,(H2,41,42,47)/t26-,32+,33+,34+,36+/m1/s1. The highest BCUT2D eigenvalue weighted by Crippen LogP contribution is 2.42. The van der Waals surface area contributed by atoms with Crippen LogP contribution in [0.15, 0.2) is 97.3 Å². The van der Waals surface area contributed by atoms with Gasteiger partial charge in [0.25, 0.3) is 0 Å². The lowest BCUT2D eigenvalue weighted by Crippen LogP contribution is -2.51. The Morgan fingerprint density at radius 1 is 0.880 bits per heavy atom. The topological polar surface area (TPSA) is 138 Å². The number of aliphatic hydroxyl groups is 1. The number of methoxy groups -OCH3 is 1. The van der Waals surface area contributed by atoms with Crippen LogP contribution < -0.4 is 15.5 Å². The zero-order chi connectivity index (χ0) is 34.9. The van der Waals surface area contributed by atoms with Gasteiger partial charge in [-0.3, -0.25) is 4.90 Å². The van der Waals surface area contributed by atoms with E-state index in [0.717, 1.165) is 60.9 Å². The monoisotopic (exact) mass is 680 g/mol. The molecule has 5 atom stereocenters. The third-order valence-corrected chi connectivity index (χ3v) is 9.28. The minimum absolute atomic E-state index is 0.0233. The second kappa shape index (κ2) is 16.7. The van der Waals surface area contributed by atoms with Crippen molar-refractivity contribution < 1.29 is 28.9 Å². The molecule has 0 aliphatic carbocycles. The molecule has 50 heavy (non-hydrogen) atoms. The molecule has 2 saturated heterocycles. The predicted octanol–water partition coefficient (Wildman–Crippen LogP) is 4.49. The molecule has 3 aromatic carbocycles. The highest BCUT2D eigenvalue weighted by molar-refractivity contribution is 5.92. The van der Waals surface area contributed by atoms with Crippen molar-refractivity contribution in [3.63, 3.8) is 0 Å². The van der Waals surface area contributed by atoms with Crippen LogP contribution in [-0.2, 0) is 32.0 Å². The molecule has 1 aromatic heterocycles. The maximum atomic E-state index is 12.9. The van der Waals surface area contributed by atoms with Crippen LogP contribution in [0.5, 0.6) is 0 Å². The number of hydrogen-bond donors (Lipinski definition) is 3. The van der Waals surface area contributed by atoms with E-state index in [1.54, 1.807) is 24.5 Å². The van der Waals surface area contributed by atoms with Gasteiger partial charge in [0.2, 0.25) is 5.95 Å². The van der Waals surface area contributed by atoms with Gasteiger partial charge in [-0.15, -0.1) is 0 Å². The number of urea groups is 1. The number of hydrogen-bond acceptors (Lipinski definition) is 10. The molecule has 12 nitrogen and oxygen atoms in total. The van der Waals surface area contributed by atoms with Gasteiger partial charge in [0.05, 0.1) is 25.9 Å². The Labute approximate surface area is 292 Å². The van der Waals surface area contributed by atoms with Crippen LogP contribution >= 0.6 is 0 Å². The van der Waals surface area contributed by atoms with Crippen LogP contribution in [0.25, 0.3) is 0 Å². The number of nitrogens with zero attached hydrogens (tertiary/aromatic N) is 4. The van der Waals surface area contributed by atoms with Crippen LogP contribution in [0.3, 0.4) is 0 Å². The normalized spacial score (nSPS) is 21.6. The van der Waals surface area contributed by atoms with Crippen molar-refractivity contribution in [3.05, 3.63) is 120 Å². The fourth-order valence-electron chi connectivity index (χ4n) is 6.40. The van der Waals surface area contributed by atoms with E-state index < -0.39 is 24.3 Å². The van der Waals surface area contributed by atoms with E-state index >= 15 is 0 Å². The summed E-state index contributed by atoms with van der Waals surface area (Å²) in [7, 11) is 1.30. The Hall–Kier alpha value is -4.88. The molecule has 12 heteroatoms. The molecule has 262 valence electrons. The van der Waals surface area contributed by atoms with Crippen molar-refractivity contribution in [2.24, 2.45) is 5.92 Å². The molecule has 0 spiro atoms. The molecule has 0 unspecified atom stereocenters. The van der Waals surface area contributed by atoms with Crippen LogP contribution in [0.2, 0.25) is 0 Å². The fraction of sp³-hybridized carbons (Fsp3) is 0.368. The summed E-state index contributed by atoms with van der Waals surface area (Å²) in [5.74, 6) is 0.271. The van der Waals surface area contributed by atoms with E-state index in [4.69, 9.17) is 14.2 Å². The molecule has 3 heterocycles. The molecule has 0 radical (unpaired) electrons. The number of esters is 1. The lowest BCUT2D eigenvalue weighted by atomic mass is 9.90. The summed E-state index contributed by atoms with van der Waals surface area (Å²) in [6.07, 6.45) is 2.83. The Balaban J connectivity index is 1.12. The van der Waals surface area contributed by atoms with Crippen molar-refractivity contribution in [1.29, 1.82) is 0 Å². The van der Waals surface area contributed by atoms with Crippen molar-refractivity contribution in [2.75, 3.05) is 50.1 Å². The summed E-state index contributed by atoms with van der Waals surface area (Å²) >= 11 is 0. The second-order valence-corrected chi connectivity index (χ2v) is 12.6. The van der Waals surface area contributed by atoms with Gasteiger partial charge in [-0.1, -0.05) is 73.7 Å². The largest absolute Gasteiger partial charge is 0.467 e. The Morgan fingerprint density at radius 3 is 2.22 bits per heavy atom. The van der Waals surface area contributed by atoms with E-state index in [9.17, 15) is 14.7 Å². The van der Waals surface area contributed by atoms with Crippen molar-refractivity contribution in [2.45, 2.75) is 44.5 Å². The van der Waals surface area contributed by atoms with E-state index in [2.05, 4.69) is 37.3 Å². The number of ether oxygens (including phenoxy) is 3. The molecule has 0 bridgehead atoms. The number of aliphatic hydroxyl groups excluding tert-OH is 1. The smallest absolute Gasteiger partial charge is 0.328 e. The third-order valence-electron chi connectivity index (χ3n) is 9.28. The minimum Gasteiger partial charge on any atom is -0.467 e. The molecule has 6 rings (SSSR count). The number of nitrogens with one attached hydrogen (secondary N) is 2. The molecule has 2 fully saturated rings. The molecular weight excluding hydrogens is 636 g/mol. The maximum absolute atomic E-state index is 12.9. The van der Waals surface area contributed by atoms with Gasteiger partial charge < -0.3 is 34.9 Å². The average molecular weight is 681 g/mol. The fourth-order valence-corrected chi connectivity index (χ4v) is 6.40. The van der Waals surface area contributed by atoms with Crippen LogP contribution in [0.4, 0.5) is 16.4 Å². The van der Waals surface area contributed by atoms with Crippen LogP contribution in [0, 0.1) is 5.92 Å². The number of anilines is 2. The second-order valence-electron chi connectivity index (χ2n) is 12.6. The SMILES string of the molecule is COC(=O)[C@H](Cc1ccccc1)NC(=O)Nc1ccc([C@H]2O[C@@H](CN3CCN(c4ncccn4)CC3)[C@@H](C)[C@@H](c3ccc(CO)cc3)O2)cc1. The van der Waals surface area contributed by atoms with Gasteiger partial charge in [0.1, 0.15) is 6.04 Å². The van der Waals surface area contributed by atoms with Gasteiger partial charge >= 0.3 is 12.0 Å². The number of amides is 2. The Bertz CT molecular complexity index is 1670. The van der Waals surface area contributed by atoms with Crippen molar-refractivity contribution in [3.8, 4) is 0 Å². The molecule has 4 aromatic rings. The molecule has 3 N–H and O–H groups in total. The third kappa shape index (κ3) is 8.82. The molecule has 2 amide bonds. The maximum Gasteiger partial charge on any atom is 0.328 e. The Kier molecular flexibility index (Phi) is 11.7. The Morgan fingerprint density at radius 2 is 1.56 bits per heavy atom. The summed E-state index contributed by atoms with van der Waals surface area (Å²) in [6, 6.07) is 25.1. The first kappa shape index (κ1) is 35.0. The van der Waals surface area contributed by atoms with Crippen molar-refractivity contribution in [1.82, 2.24) is 20.2 Å². The summed E-state index contributed by atoms with van der Waals surface area (Å²) in [5.41, 5.74) is 4.12. The first-order valence-corrected chi connectivity index (χ1v) is 16.9. The number of aromatic nitrogens is 2. The summed E-state index contributed by atoms with van der Waals surface area (Å²) in [6.45, 7) is 6.24. The van der Waals surface area contributed by atoms with Crippen LogP contribution in [-0.4, -0.2) is 84.0 Å². The molecule has 2 aliphatic rings. The van der Waals surface area contributed by atoms with E-state index in [1.165, 1.54) is 7.11 Å². The summed E-state index contributed by atoms with van der Waals surface area (Å²) < 4.78 is 18.2.